The van der Waals surface area contributed by atoms with Gasteiger partial charge in [-0.15, -0.1) is 0 Å². The Balaban J connectivity index is 2.25. The first kappa shape index (κ1) is 14.9. The van der Waals surface area contributed by atoms with Gasteiger partial charge in [-0.2, -0.15) is 4.79 Å². The van der Waals surface area contributed by atoms with Crippen molar-refractivity contribution in [1.82, 2.24) is 9.91 Å². The number of benzene rings is 1. The summed E-state index contributed by atoms with van der Waals surface area (Å²) in [6.07, 6.45) is 1.77. The number of rotatable bonds is 4. The molecule has 0 saturated carbocycles. The van der Waals surface area contributed by atoms with E-state index in [0.29, 0.717) is 19.6 Å². The van der Waals surface area contributed by atoms with Gasteiger partial charge in [-0.1, -0.05) is 35.3 Å². The maximum atomic E-state index is 12.1. The molecule has 1 aliphatic heterocycles. The predicted molar refractivity (Wildman–Crippen MR) is 74.8 cm³/mol. The summed E-state index contributed by atoms with van der Waals surface area (Å²) in [5.74, 6) is -1.27. The summed E-state index contributed by atoms with van der Waals surface area (Å²) in [4.78, 5) is 36.8. The van der Waals surface area contributed by atoms with Gasteiger partial charge in [-0.25, -0.2) is 0 Å². The Morgan fingerprint density at radius 3 is 2.43 bits per heavy atom. The minimum Gasteiger partial charge on any atom is -0.333 e. The van der Waals surface area contributed by atoms with Crippen LogP contribution in [0.3, 0.4) is 0 Å². The third kappa shape index (κ3) is 2.85. The molecule has 2 amide bonds. The summed E-state index contributed by atoms with van der Waals surface area (Å²) in [6.45, 7) is 4.81. The first-order valence-corrected chi connectivity index (χ1v) is 6.92. The Morgan fingerprint density at radius 2 is 1.86 bits per heavy atom. The molecule has 2 rings (SSSR count). The van der Waals surface area contributed by atoms with Gasteiger partial charge in [0.15, 0.2) is 0 Å². The van der Waals surface area contributed by atoms with Gasteiger partial charge >= 0.3 is 17.9 Å². The standard InChI is InChI=1S/C15H18N3O3/c1-3-16-9-10-17(15(21)14(16)20)18(11-19)12(2)13-7-5-4-6-8-13/h4-8,12H,3,9-10H2,1-2H3/q+1. The zero-order valence-electron chi connectivity index (χ0n) is 12.2. The van der Waals surface area contributed by atoms with Crippen LogP contribution in [0.1, 0.15) is 25.5 Å². The van der Waals surface area contributed by atoms with Gasteiger partial charge in [0.05, 0.1) is 0 Å². The Kier molecular flexibility index (Phi) is 4.50. The lowest BCUT2D eigenvalue weighted by Crippen LogP contribution is -2.57. The summed E-state index contributed by atoms with van der Waals surface area (Å²) >= 11 is 0. The summed E-state index contributed by atoms with van der Waals surface area (Å²) in [5.41, 5.74) is 0.874. The molecule has 1 heterocycles. The van der Waals surface area contributed by atoms with Crippen molar-refractivity contribution in [2.45, 2.75) is 19.9 Å². The highest BCUT2D eigenvalue weighted by molar-refractivity contribution is 6.35. The normalized spacial score (nSPS) is 16.7. The van der Waals surface area contributed by atoms with E-state index in [1.807, 2.05) is 37.3 Å². The van der Waals surface area contributed by atoms with Crippen LogP contribution in [0.4, 0.5) is 0 Å². The van der Waals surface area contributed by atoms with Crippen LogP contribution >= 0.6 is 0 Å². The van der Waals surface area contributed by atoms with Gasteiger partial charge < -0.3 is 4.90 Å². The second-order valence-electron chi connectivity index (χ2n) is 4.84. The van der Waals surface area contributed by atoms with Crippen molar-refractivity contribution < 1.29 is 19.1 Å². The molecule has 1 aromatic rings. The molecule has 6 heteroatoms. The van der Waals surface area contributed by atoms with E-state index in [2.05, 4.69) is 0 Å². The Labute approximate surface area is 123 Å². The number of carbonyl (C=O) groups excluding carboxylic acids is 3. The second-order valence-corrected chi connectivity index (χ2v) is 4.84. The molecular formula is C15H18N3O3+. The van der Waals surface area contributed by atoms with Crippen molar-refractivity contribution in [1.29, 1.82) is 0 Å². The predicted octanol–water partition coefficient (Wildman–Crippen LogP) is 0.702. The lowest BCUT2D eigenvalue weighted by Gasteiger charge is -2.29. The molecule has 110 valence electrons. The fraction of sp³-hybridized carbons (Fsp3) is 0.400. The van der Waals surface area contributed by atoms with Gasteiger partial charge in [0, 0.05) is 25.6 Å². The van der Waals surface area contributed by atoms with E-state index in [-0.39, 0.29) is 6.04 Å². The number of isocyanates is 1. The van der Waals surface area contributed by atoms with Crippen LogP contribution < -0.4 is 0 Å². The molecule has 1 atom stereocenters. The number of hydrazone groups is 1. The molecule has 1 unspecified atom stereocenters. The van der Waals surface area contributed by atoms with Gasteiger partial charge in [0.25, 0.3) is 0 Å². The van der Waals surface area contributed by atoms with E-state index in [9.17, 15) is 14.4 Å². The largest absolute Gasteiger partial charge is 0.457 e. The number of amides is 2. The van der Waals surface area contributed by atoms with Crippen LogP contribution in [0.2, 0.25) is 0 Å². The number of piperazine rings is 1. The summed E-state index contributed by atoms with van der Waals surface area (Å²) in [7, 11) is 0. The van der Waals surface area contributed by atoms with Crippen LogP contribution in [0, 0.1) is 0 Å². The molecule has 0 radical (unpaired) electrons. The summed E-state index contributed by atoms with van der Waals surface area (Å²) < 4.78 is 1.17. The molecule has 1 fully saturated rings. The zero-order valence-corrected chi connectivity index (χ0v) is 12.2. The molecule has 6 nitrogen and oxygen atoms in total. The smallest absolute Gasteiger partial charge is 0.333 e. The van der Waals surface area contributed by atoms with Crippen LogP contribution in [0.25, 0.3) is 0 Å². The quantitative estimate of drug-likeness (QED) is 0.355. The van der Waals surface area contributed by atoms with E-state index >= 15 is 0 Å². The van der Waals surface area contributed by atoms with E-state index in [4.69, 9.17) is 0 Å². The highest BCUT2D eigenvalue weighted by atomic mass is 16.2. The molecule has 0 bridgehead atoms. The lowest BCUT2D eigenvalue weighted by atomic mass is 10.1. The highest BCUT2D eigenvalue weighted by Gasteiger charge is 2.41. The minimum absolute atomic E-state index is 0.296. The molecule has 1 aliphatic rings. The third-order valence-corrected chi connectivity index (χ3v) is 3.67. The molecule has 0 N–H and O–H groups in total. The van der Waals surface area contributed by atoms with Crippen LogP contribution in [-0.2, 0) is 14.4 Å². The second kappa shape index (κ2) is 6.33. The Bertz CT molecular complexity index is 593. The molecular weight excluding hydrogens is 270 g/mol. The Hall–Kier alpha value is -2.46. The third-order valence-electron chi connectivity index (χ3n) is 3.67. The molecule has 0 aromatic heterocycles. The number of hydrogen-bond acceptors (Lipinski definition) is 3. The molecule has 0 spiro atoms. The average molecular weight is 288 g/mol. The van der Waals surface area contributed by atoms with E-state index in [0.717, 1.165) is 5.56 Å². The zero-order chi connectivity index (χ0) is 15.4. The maximum Gasteiger partial charge on any atom is 0.457 e. The fourth-order valence-electron chi connectivity index (χ4n) is 2.38. The minimum atomic E-state index is -0.686. The summed E-state index contributed by atoms with van der Waals surface area (Å²) in [6, 6.07) is 8.95. The van der Waals surface area contributed by atoms with E-state index < -0.39 is 11.8 Å². The van der Waals surface area contributed by atoms with Crippen LogP contribution in [0.5, 0.6) is 0 Å². The van der Waals surface area contributed by atoms with Gasteiger partial charge in [-0.3, -0.25) is 9.59 Å². The van der Waals surface area contributed by atoms with E-state index in [1.165, 1.54) is 14.6 Å². The van der Waals surface area contributed by atoms with Gasteiger partial charge in [0.2, 0.25) is 6.04 Å². The van der Waals surface area contributed by atoms with Gasteiger partial charge in [-0.05, 0) is 11.6 Å². The first-order valence-electron chi connectivity index (χ1n) is 6.92. The lowest BCUT2D eigenvalue weighted by molar-refractivity contribution is -0.700. The number of hydrazine groups is 1. The molecule has 21 heavy (non-hydrogen) atoms. The molecule has 0 aliphatic carbocycles. The first-order chi connectivity index (χ1) is 10.1. The summed E-state index contributed by atoms with van der Waals surface area (Å²) in [5, 5.41) is 1.18. The van der Waals surface area contributed by atoms with Crippen molar-refractivity contribution in [2.75, 3.05) is 19.6 Å². The van der Waals surface area contributed by atoms with Crippen LogP contribution in [-0.4, -0.2) is 52.1 Å². The van der Waals surface area contributed by atoms with Crippen molar-refractivity contribution in [2.24, 2.45) is 0 Å². The number of hydrogen-bond donors (Lipinski definition) is 0. The number of carbonyl (C=O) groups is 2. The highest BCUT2D eigenvalue weighted by Crippen LogP contribution is 2.18. The van der Waals surface area contributed by atoms with Crippen molar-refractivity contribution in [3.63, 3.8) is 0 Å². The van der Waals surface area contributed by atoms with Crippen LogP contribution in [0.15, 0.2) is 30.3 Å². The Morgan fingerprint density at radius 1 is 1.19 bits per heavy atom. The SMILES string of the molecule is CCN1CCN([N+](=C=O)C(C)c2ccccc2)C(=O)C1=O. The number of nitrogens with zero attached hydrogens (tertiary/aromatic N) is 3. The van der Waals surface area contributed by atoms with Crippen molar-refractivity contribution in [3.05, 3.63) is 35.9 Å². The fourth-order valence-corrected chi connectivity index (χ4v) is 2.38. The van der Waals surface area contributed by atoms with Crippen molar-refractivity contribution >= 4 is 17.9 Å². The van der Waals surface area contributed by atoms with Crippen molar-refractivity contribution in [3.8, 4) is 0 Å². The van der Waals surface area contributed by atoms with E-state index in [1.54, 1.807) is 13.0 Å². The van der Waals surface area contributed by atoms with Gasteiger partial charge in [0.1, 0.15) is 6.54 Å². The monoisotopic (exact) mass is 288 g/mol. The maximum absolute atomic E-state index is 12.1. The molecule has 1 saturated heterocycles. The topological polar surface area (TPSA) is 60.7 Å². The average Bonchev–Trinajstić information content (AvgIpc) is 2.53. The number of likely N-dealkylation sites (N-methyl/N-ethyl adjacent to an activating group) is 1. The molecule has 1 aromatic carbocycles.